The zero-order valence-electron chi connectivity index (χ0n) is 18.0. The van der Waals surface area contributed by atoms with Crippen molar-refractivity contribution < 1.29 is 4.57 Å². The molecule has 0 spiro atoms. The van der Waals surface area contributed by atoms with Crippen LogP contribution in [0.3, 0.4) is 0 Å². The largest absolute Gasteiger partial charge is 0.220 e. The fourth-order valence-corrected chi connectivity index (χ4v) is 5.09. The van der Waals surface area contributed by atoms with Crippen molar-refractivity contribution in [3.63, 3.8) is 0 Å². The Bertz CT molecular complexity index is 993. The molecular weight excluding hydrogens is 338 g/mol. The van der Waals surface area contributed by atoms with Crippen molar-refractivity contribution >= 4 is 10.8 Å². The number of benzene rings is 2. The van der Waals surface area contributed by atoms with Crippen LogP contribution in [0.5, 0.6) is 0 Å². The van der Waals surface area contributed by atoms with E-state index in [-0.39, 0.29) is 0 Å². The van der Waals surface area contributed by atoms with Crippen molar-refractivity contribution in [2.24, 2.45) is 13.0 Å². The Kier molecular flexibility index (Phi) is 5.53. The molecule has 0 bridgehead atoms. The van der Waals surface area contributed by atoms with Crippen LogP contribution >= 0.6 is 0 Å². The van der Waals surface area contributed by atoms with Gasteiger partial charge in [0.25, 0.3) is 0 Å². The number of fused-ring (bicyclic) bond motifs is 1. The molecule has 3 aromatic rings. The highest BCUT2D eigenvalue weighted by molar-refractivity contribution is 5.94. The van der Waals surface area contributed by atoms with Crippen LogP contribution in [0, 0.1) is 12.8 Å². The van der Waals surface area contributed by atoms with E-state index in [0.29, 0.717) is 0 Å². The van der Waals surface area contributed by atoms with Crippen LogP contribution in [-0.2, 0) is 26.3 Å². The molecule has 1 fully saturated rings. The average Bonchev–Trinajstić information content (AvgIpc) is 3.21. The minimum Gasteiger partial charge on any atom is -0.200 e. The second-order valence-electron chi connectivity index (χ2n) is 8.69. The molecule has 4 rings (SSSR count). The summed E-state index contributed by atoms with van der Waals surface area (Å²) in [5.41, 5.74) is 8.60. The van der Waals surface area contributed by atoms with Gasteiger partial charge < -0.3 is 0 Å². The third-order valence-electron chi connectivity index (χ3n) is 6.82. The maximum absolute atomic E-state index is 2.44. The lowest BCUT2D eigenvalue weighted by Gasteiger charge is -2.14. The number of hydrogen-bond donors (Lipinski definition) is 0. The molecule has 0 amide bonds. The van der Waals surface area contributed by atoms with Gasteiger partial charge in [-0.1, -0.05) is 57.7 Å². The number of rotatable bonds is 5. The van der Waals surface area contributed by atoms with Crippen LogP contribution in [0.4, 0.5) is 0 Å². The normalized spacial score (nSPS) is 14.9. The SMILES string of the molecule is CCc1cc(CC)c(C)c(-c2c3ccc(CC4CCCC4)cc3cc[n+]2C)c1. The quantitative estimate of drug-likeness (QED) is 0.450. The maximum Gasteiger partial charge on any atom is 0.220 e. The molecule has 1 heterocycles. The zero-order valence-corrected chi connectivity index (χ0v) is 18.0. The summed E-state index contributed by atoms with van der Waals surface area (Å²) in [5.74, 6) is 0.896. The highest BCUT2D eigenvalue weighted by Gasteiger charge is 2.20. The van der Waals surface area contributed by atoms with Crippen LogP contribution in [0.2, 0.25) is 0 Å². The minimum absolute atomic E-state index is 0.896. The van der Waals surface area contributed by atoms with Gasteiger partial charge >= 0.3 is 0 Å². The Morgan fingerprint density at radius 2 is 1.71 bits per heavy atom. The Balaban J connectivity index is 1.84. The van der Waals surface area contributed by atoms with Gasteiger partial charge in [0, 0.05) is 6.07 Å². The highest BCUT2D eigenvalue weighted by Crippen LogP contribution is 2.33. The fraction of sp³-hybridized carbons (Fsp3) is 0.444. The van der Waals surface area contributed by atoms with E-state index in [2.05, 4.69) is 75.0 Å². The van der Waals surface area contributed by atoms with E-state index in [1.54, 1.807) is 0 Å². The van der Waals surface area contributed by atoms with E-state index < -0.39 is 0 Å². The van der Waals surface area contributed by atoms with Gasteiger partial charge in [-0.2, -0.15) is 0 Å². The van der Waals surface area contributed by atoms with Crippen molar-refractivity contribution in [3.05, 3.63) is 64.8 Å². The Morgan fingerprint density at radius 3 is 2.43 bits per heavy atom. The summed E-state index contributed by atoms with van der Waals surface area (Å²) >= 11 is 0. The lowest BCUT2D eigenvalue weighted by Crippen LogP contribution is -2.31. The summed E-state index contributed by atoms with van der Waals surface area (Å²) in [4.78, 5) is 0. The molecule has 1 aliphatic rings. The molecule has 2 aromatic carbocycles. The molecule has 0 aliphatic heterocycles. The number of nitrogens with zero attached hydrogens (tertiary/aromatic N) is 1. The number of hydrogen-bond acceptors (Lipinski definition) is 0. The zero-order chi connectivity index (χ0) is 19.7. The summed E-state index contributed by atoms with van der Waals surface area (Å²) in [6.45, 7) is 6.82. The van der Waals surface area contributed by atoms with Gasteiger partial charge in [0.2, 0.25) is 5.69 Å². The number of pyridine rings is 1. The van der Waals surface area contributed by atoms with Crippen LogP contribution < -0.4 is 4.57 Å². The first-order valence-corrected chi connectivity index (χ1v) is 11.1. The molecule has 0 saturated heterocycles. The number of aromatic nitrogens is 1. The number of aryl methyl sites for hydroxylation is 3. The van der Waals surface area contributed by atoms with E-state index >= 15 is 0 Å². The molecule has 146 valence electrons. The summed E-state index contributed by atoms with van der Waals surface area (Å²) in [6, 6.07) is 14.3. The van der Waals surface area contributed by atoms with E-state index in [9.17, 15) is 0 Å². The highest BCUT2D eigenvalue weighted by atomic mass is 14.9. The topological polar surface area (TPSA) is 3.88 Å². The van der Waals surface area contributed by atoms with Crippen LogP contribution in [0.25, 0.3) is 22.0 Å². The molecule has 0 N–H and O–H groups in total. The average molecular weight is 373 g/mol. The van der Waals surface area contributed by atoms with Gasteiger partial charge in [0.15, 0.2) is 6.20 Å². The molecule has 1 nitrogen and oxygen atoms in total. The molecule has 1 saturated carbocycles. The van der Waals surface area contributed by atoms with Gasteiger partial charge in [0.05, 0.1) is 10.9 Å². The van der Waals surface area contributed by atoms with E-state index in [1.165, 1.54) is 76.4 Å². The standard InChI is InChI=1S/C27H34N/c1-5-20-16-23(6-2)19(3)26(18-20)27-25-12-11-22(15-21-9-7-8-10-21)17-24(25)13-14-28(27)4/h11-14,16-18,21H,5-10,15H2,1-4H3/q+1. The lowest BCUT2D eigenvalue weighted by molar-refractivity contribution is -0.659. The Morgan fingerprint density at radius 1 is 0.929 bits per heavy atom. The van der Waals surface area contributed by atoms with Crippen molar-refractivity contribution in [1.82, 2.24) is 0 Å². The Labute approximate surface area is 170 Å². The van der Waals surface area contributed by atoms with Crippen LogP contribution in [-0.4, -0.2) is 0 Å². The second-order valence-corrected chi connectivity index (χ2v) is 8.69. The molecule has 1 heteroatoms. The summed E-state index contributed by atoms with van der Waals surface area (Å²) < 4.78 is 2.31. The first-order valence-electron chi connectivity index (χ1n) is 11.1. The third kappa shape index (κ3) is 3.60. The van der Waals surface area contributed by atoms with E-state index in [0.717, 1.165) is 18.8 Å². The predicted octanol–water partition coefficient (Wildman–Crippen LogP) is 6.50. The monoisotopic (exact) mass is 372 g/mol. The maximum atomic E-state index is 2.44. The smallest absolute Gasteiger partial charge is 0.200 e. The fourth-order valence-electron chi connectivity index (χ4n) is 5.09. The molecule has 1 aromatic heterocycles. The molecule has 0 atom stereocenters. The van der Waals surface area contributed by atoms with E-state index in [4.69, 9.17) is 0 Å². The molecule has 28 heavy (non-hydrogen) atoms. The van der Waals surface area contributed by atoms with Crippen molar-refractivity contribution in [2.75, 3.05) is 0 Å². The lowest BCUT2D eigenvalue weighted by atomic mass is 9.91. The van der Waals surface area contributed by atoms with Crippen molar-refractivity contribution in [2.45, 2.75) is 65.7 Å². The second kappa shape index (κ2) is 8.07. The van der Waals surface area contributed by atoms with Crippen molar-refractivity contribution in [3.8, 4) is 11.3 Å². The van der Waals surface area contributed by atoms with E-state index in [1.807, 2.05) is 0 Å². The van der Waals surface area contributed by atoms with Gasteiger partial charge in [-0.05, 0) is 71.9 Å². The summed E-state index contributed by atoms with van der Waals surface area (Å²) in [7, 11) is 2.19. The molecule has 0 unspecified atom stereocenters. The van der Waals surface area contributed by atoms with Gasteiger partial charge in [-0.25, -0.2) is 4.57 Å². The summed E-state index contributed by atoms with van der Waals surface area (Å²) in [6.07, 6.45) is 11.3. The van der Waals surface area contributed by atoms with Gasteiger partial charge in [-0.3, -0.25) is 0 Å². The first kappa shape index (κ1) is 19.2. The van der Waals surface area contributed by atoms with Crippen LogP contribution in [0.15, 0.2) is 42.6 Å². The van der Waals surface area contributed by atoms with Crippen LogP contribution in [0.1, 0.15) is 61.8 Å². The van der Waals surface area contributed by atoms with Gasteiger partial charge in [-0.15, -0.1) is 0 Å². The Hall–Kier alpha value is -2.15. The van der Waals surface area contributed by atoms with Crippen molar-refractivity contribution in [1.29, 1.82) is 0 Å². The predicted molar refractivity (Wildman–Crippen MR) is 120 cm³/mol. The molecule has 1 aliphatic carbocycles. The van der Waals surface area contributed by atoms with Gasteiger partial charge in [0.1, 0.15) is 7.05 Å². The minimum atomic E-state index is 0.896. The third-order valence-corrected chi connectivity index (χ3v) is 6.82. The molecular formula is C27H34N+. The molecule has 0 radical (unpaired) electrons. The first-order chi connectivity index (χ1) is 13.6. The summed E-state index contributed by atoms with van der Waals surface area (Å²) in [5, 5.41) is 2.75.